The SMILES string of the molecule is Cc1ccc(-c2csc(NC(=O)Cc3c(C)nn(C)c3C)n2)cc1C. The molecule has 0 saturated carbocycles. The molecule has 0 atom stereocenters. The zero-order valence-electron chi connectivity index (χ0n) is 15.2. The number of hydrogen-bond acceptors (Lipinski definition) is 4. The number of carbonyl (C=O) groups excluding carboxylic acids is 1. The van der Waals surface area contributed by atoms with Crippen LogP contribution in [0, 0.1) is 27.7 Å². The van der Waals surface area contributed by atoms with Gasteiger partial charge in [-0.05, 0) is 44.9 Å². The van der Waals surface area contributed by atoms with Gasteiger partial charge in [0.05, 0.1) is 17.8 Å². The minimum Gasteiger partial charge on any atom is -0.302 e. The zero-order chi connectivity index (χ0) is 18.1. The fourth-order valence-electron chi connectivity index (χ4n) is 2.76. The molecule has 0 aliphatic carbocycles. The molecule has 0 radical (unpaired) electrons. The van der Waals surface area contributed by atoms with Crippen LogP contribution in [-0.4, -0.2) is 20.7 Å². The fourth-order valence-corrected chi connectivity index (χ4v) is 3.50. The van der Waals surface area contributed by atoms with E-state index in [1.54, 1.807) is 4.68 Å². The zero-order valence-corrected chi connectivity index (χ0v) is 16.0. The van der Waals surface area contributed by atoms with E-state index >= 15 is 0 Å². The molecule has 0 fully saturated rings. The Bertz CT molecular complexity index is 939. The Morgan fingerprint density at radius 1 is 1.20 bits per heavy atom. The van der Waals surface area contributed by atoms with Gasteiger partial charge >= 0.3 is 0 Å². The van der Waals surface area contributed by atoms with Crippen molar-refractivity contribution in [2.45, 2.75) is 34.1 Å². The second-order valence-electron chi connectivity index (χ2n) is 6.33. The van der Waals surface area contributed by atoms with Gasteiger partial charge in [0.25, 0.3) is 0 Å². The lowest BCUT2D eigenvalue weighted by atomic mass is 10.1. The van der Waals surface area contributed by atoms with Gasteiger partial charge in [-0.1, -0.05) is 12.1 Å². The first-order chi connectivity index (χ1) is 11.8. The quantitative estimate of drug-likeness (QED) is 0.771. The van der Waals surface area contributed by atoms with Gasteiger partial charge in [-0.25, -0.2) is 4.98 Å². The number of anilines is 1. The molecule has 2 aromatic heterocycles. The summed E-state index contributed by atoms with van der Waals surface area (Å²) in [5, 5.41) is 9.85. The van der Waals surface area contributed by atoms with Crippen molar-refractivity contribution in [1.82, 2.24) is 14.8 Å². The molecule has 1 amide bonds. The van der Waals surface area contributed by atoms with Crippen LogP contribution in [0.15, 0.2) is 23.6 Å². The molecule has 3 rings (SSSR count). The Morgan fingerprint density at radius 2 is 1.96 bits per heavy atom. The summed E-state index contributed by atoms with van der Waals surface area (Å²) < 4.78 is 1.80. The van der Waals surface area contributed by atoms with E-state index in [1.165, 1.54) is 22.5 Å². The molecular formula is C19H22N4OS. The molecular weight excluding hydrogens is 332 g/mol. The minimum absolute atomic E-state index is 0.0693. The van der Waals surface area contributed by atoms with Crippen LogP contribution < -0.4 is 5.32 Å². The number of thiazole rings is 1. The number of benzene rings is 1. The van der Waals surface area contributed by atoms with Gasteiger partial charge in [-0.2, -0.15) is 5.10 Å². The number of amides is 1. The molecule has 1 N–H and O–H groups in total. The van der Waals surface area contributed by atoms with Crippen molar-refractivity contribution >= 4 is 22.4 Å². The van der Waals surface area contributed by atoms with Gasteiger partial charge in [0.2, 0.25) is 5.91 Å². The smallest absolute Gasteiger partial charge is 0.230 e. The predicted molar refractivity (Wildman–Crippen MR) is 102 cm³/mol. The number of carbonyl (C=O) groups is 1. The van der Waals surface area contributed by atoms with Crippen molar-refractivity contribution in [3.8, 4) is 11.3 Å². The average Bonchev–Trinajstić information content (AvgIpc) is 3.10. The van der Waals surface area contributed by atoms with Crippen molar-refractivity contribution in [1.29, 1.82) is 0 Å². The summed E-state index contributed by atoms with van der Waals surface area (Å²) in [5.74, 6) is -0.0693. The first-order valence-corrected chi connectivity index (χ1v) is 9.05. The van der Waals surface area contributed by atoms with Crippen molar-refractivity contribution in [3.05, 3.63) is 51.7 Å². The summed E-state index contributed by atoms with van der Waals surface area (Å²) in [7, 11) is 1.89. The lowest BCUT2D eigenvalue weighted by molar-refractivity contribution is -0.115. The third-order valence-electron chi connectivity index (χ3n) is 4.55. The van der Waals surface area contributed by atoms with Crippen LogP contribution in [0.5, 0.6) is 0 Å². The number of aryl methyl sites for hydroxylation is 4. The topological polar surface area (TPSA) is 59.8 Å². The molecule has 25 heavy (non-hydrogen) atoms. The second-order valence-corrected chi connectivity index (χ2v) is 7.19. The van der Waals surface area contributed by atoms with E-state index in [0.29, 0.717) is 11.6 Å². The van der Waals surface area contributed by atoms with Crippen LogP contribution in [0.4, 0.5) is 5.13 Å². The highest BCUT2D eigenvalue weighted by Crippen LogP contribution is 2.26. The Kier molecular flexibility index (Phi) is 4.72. The van der Waals surface area contributed by atoms with Crippen LogP contribution in [0.1, 0.15) is 28.1 Å². The van der Waals surface area contributed by atoms with Crippen molar-refractivity contribution in [3.63, 3.8) is 0 Å². The largest absolute Gasteiger partial charge is 0.302 e. The lowest BCUT2D eigenvalue weighted by Gasteiger charge is -2.04. The number of nitrogens with zero attached hydrogens (tertiary/aromatic N) is 3. The highest BCUT2D eigenvalue weighted by atomic mass is 32.1. The summed E-state index contributed by atoms with van der Waals surface area (Å²) in [5.41, 5.74) is 7.34. The number of rotatable bonds is 4. The molecule has 3 aromatic rings. The normalized spacial score (nSPS) is 10.9. The maximum atomic E-state index is 12.4. The van der Waals surface area contributed by atoms with Crippen molar-refractivity contribution in [2.75, 3.05) is 5.32 Å². The maximum absolute atomic E-state index is 12.4. The van der Waals surface area contributed by atoms with Crippen LogP contribution >= 0.6 is 11.3 Å². The second kappa shape index (κ2) is 6.80. The van der Waals surface area contributed by atoms with Gasteiger partial charge < -0.3 is 5.32 Å². The van der Waals surface area contributed by atoms with E-state index < -0.39 is 0 Å². The first kappa shape index (κ1) is 17.4. The minimum atomic E-state index is -0.0693. The van der Waals surface area contributed by atoms with Gasteiger partial charge in [0.1, 0.15) is 0 Å². The van der Waals surface area contributed by atoms with Crippen molar-refractivity contribution < 1.29 is 4.79 Å². The molecule has 0 unspecified atom stereocenters. The van der Waals surface area contributed by atoms with Gasteiger partial charge in [-0.15, -0.1) is 11.3 Å². The lowest BCUT2D eigenvalue weighted by Crippen LogP contribution is -2.15. The van der Waals surface area contributed by atoms with Gasteiger partial charge in [0, 0.05) is 29.2 Å². The average molecular weight is 354 g/mol. The molecule has 5 nitrogen and oxygen atoms in total. The van der Waals surface area contributed by atoms with E-state index in [2.05, 4.69) is 47.4 Å². The fraction of sp³-hybridized carbons (Fsp3) is 0.316. The molecule has 0 aliphatic rings. The number of hydrogen-bond donors (Lipinski definition) is 1. The number of aromatic nitrogens is 3. The summed E-state index contributed by atoms with van der Waals surface area (Å²) in [4.78, 5) is 16.9. The summed E-state index contributed by atoms with van der Waals surface area (Å²) in [6.45, 7) is 8.08. The summed E-state index contributed by atoms with van der Waals surface area (Å²) in [6.07, 6.45) is 0.310. The third kappa shape index (κ3) is 3.64. The summed E-state index contributed by atoms with van der Waals surface area (Å²) >= 11 is 1.44. The summed E-state index contributed by atoms with van der Waals surface area (Å²) in [6, 6.07) is 6.28. The molecule has 1 aromatic carbocycles. The molecule has 130 valence electrons. The first-order valence-electron chi connectivity index (χ1n) is 8.17. The highest BCUT2D eigenvalue weighted by molar-refractivity contribution is 7.14. The Hall–Kier alpha value is -2.47. The van der Waals surface area contributed by atoms with E-state index in [4.69, 9.17) is 0 Å². The predicted octanol–water partition coefficient (Wildman–Crippen LogP) is 3.96. The monoisotopic (exact) mass is 354 g/mol. The van der Waals surface area contributed by atoms with Crippen molar-refractivity contribution in [2.24, 2.45) is 7.05 Å². The highest BCUT2D eigenvalue weighted by Gasteiger charge is 2.15. The molecule has 0 spiro atoms. The third-order valence-corrected chi connectivity index (χ3v) is 5.31. The van der Waals surface area contributed by atoms with Gasteiger partial charge in [0.15, 0.2) is 5.13 Å². The van der Waals surface area contributed by atoms with Gasteiger partial charge in [-0.3, -0.25) is 9.48 Å². The molecule has 0 aliphatic heterocycles. The Morgan fingerprint density at radius 3 is 2.60 bits per heavy atom. The molecule has 6 heteroatoms. The maximum Gasteiger partial charge on any atom is 0.230 e. The molecule has 0 bridgehead atoms. The van der Waals surface area contributed by atoms with Crippen LogP contribution in [0.2, 0.25) is 0 Å². The van der Waals surface area contributed by atoms with Crippen LogP contribution in [-0.2, 0) is 18.3 Å². The van der Waals surface area contributed by atoms with E-state index in [9.17, 15) is 4.79 Å². The molecule has 2 heterocycles. The van der Waals surface area contributed by atoms with E-state index in [-0.39, 0.29) is 5.91 Å². The van der Waals surface area contributed by atoms with E-state index in [1.807, 2.05) is 26.3 Å². The van der Waals surface area contributed by atoms with Crippen LogP contribution in [0.3, 0.4) is 0 Å². The van der Waals surface area contributed by atoms with E-state index in [0.717, 1.165) is 28.2 Å². The Labute approximate surface area is 151 Å². The Balaban J connectivity index is 1.72. The number of nitrogens with one attached hydrogen (secondary N) is 1. The standard InChI is InChI=1S/C19H22N4OS/c1-11-6-7-15(8-12(11)2)17-10-25-19(20-17)21-18(24)9-16-13(3)22-23(5)14(16)4/h6-8,10H,9H2,1-5H3,(H,20,21,24). The molecule has 0 saturated heterocycles. The van der Waals surface area contributed by atoms with Crippen LogP contribution in [0.25, 0.3) is 11.3 Å².